The average molecular weight is 224 g/mol. The van der Waals surface area contributed by atoms with Crippen LogP contribution in [0.15, 0.2) is 12.2 Å². The average Bonchev–Trinajstić information content (AvgIpc) is 2.01. The summed E-state index contributed by atoms with van der Waals surface area (Å²) in [7, 11) is 0. The third-order valence-corrected chi connectivity index (χ3v) is 1.91. The maximum Gasteiger partial charge on any atom is 0.402 e. The zero-order valence-electron chi connectivity index (χ0n) is 8.97. The van der Waals surface area contributed by atoms with Gasteiger partial charge in [-0.15, -0.1) is 0 Å². The Hall–Kier alpha value is -1.00. The van der Waals surface area contributed by atoms with Gasteiger partial charge in [-0.2, -0.15) is 13.2 Å². The van der Waals surface area contributed by atoms with Crippen molar-refractivity contribution >= 4 is 5.97 Å². The van der Waals surface area contributed by atoms with Crippen molar-refractivity contribution in [1.29, 1.82) is 0 Å². The van der Waals surface area contributed by atoms with Crippen molar-refractivity contribution in [2.24, 2.45) is 11.8 Å². The van der Waals surface area contributed by atoms with Gasteiger partial charge in [-0.25, -0.2) is 0 Å². The predicted molar refractivity (Wildman–Crippen MR) is 50.2 cm³/mol. The summed E-state index contributed by atoms with van der Waals surface area (Å²) in [6.45, 7) is 4.38. The molecule has 2 atom stereocenters. The van der Waals surface area contributed by atoms with E-state index in [1.807, 2.05) is 0 Å². The van der Waals surface area contributed by atoms with Crippen LogP contribution < -0.4 is 0 Å². The predicted octanol–water partition coefficient (Wildman–Crippen LogP) is 2.94. The van der Waals surface area contributed by atoms with E-state index in [4.69, 9.17) is 0 Å². The first-order valence-corrected chi connectivity index (χ1v) is 4.70. The van der Waals surface area contributed by atoms with E-state index in [0.29, 0.717) is 0 Å². The van der Waals surface area contributed by atoms with Gasteiger partial charge in [-0.1, -0.05) is 19.1 Å². The molecule has 2 unspecified atom stereocenters. The number of esters is 1. The molecule has 0 bridgehead atoms. The topological polar surface area (TPSA) is 26.3 Å². The molecule has 15 heavy (non-hydrogen) atoms. The minimum atomic E-state index is -4.56. The van der Waals surface area contributed by atoms with Crippen molar-refractivity contribution in [2.45, 2.75) is 26.9 Å². The molecule has 0 aromatic rings. The van der Waals surface area contributed by atoms with Crippen LogP contribution in [0.5, 0.6) is 0 Å². The summed E-state index contributed by atoms with van der Waals surface area (Å²) in [6.07, 6.45) is -1.73. The van der Waals surface area contributed by atoms with Crippen molar-refractivity contribution in [3.05, 3.63) is 12.2 Å². The lowest BCUT2D eigenvalue weighted by molar-refractivity contribution is -0.203. The van der Waals surface area contributed by atoms with Gasteiger partial charge in [0, 0.05) is 0 Å². The third kappa shape index (κ3) is 4.36. The monoisotopic (exact) mass is 224 g/mol. The Balaban J connectivity index is 4.81. The lowest BCUT2D eigenvalue weighted by Crippen LogP contribution is -2.36. The van der Waals surface area contributed by atoms with E-state index < -0.39 is 24.0 Å². The Kier molecular flexibility index (Phi) is 5.39. The van der Waals surface area contributed by atoms with E-state index in [1.165, 1.54) is 26.0 Å². The maximum absolute atomic E-state index is 12.5. The lowest BCUT2D eigenvalue weighted by Gasteiger charge is -2.22. The van der Waals surface area contributed by atoms with Crippen LogP contribution >= 0.6 is 0 Å². The maximum atomic E-state index is 12.5. The van der Waals surface area contributed by atoms with Crippen LogP contribution in [0.2, 0.25) is 0 Å². The summed E-state index contributed by atoms with van der Waals surface area (Å²) in [6, 6.07) is 0. The van der Waals surface area contributed by atoms with Crippen molar-refractivity contribution in [1.82, 2.24) is 0 Å². The van der Waals surface area contributed by atoms with Gasteiger partial charge in [0.05, 0.1) is 6.61 Å². The molecule has 0 radical (unpaired) electrons. The molecule has 0 heterocycles. The van der Waals surface area contributed by atoms with Gasteiger partial charge < -0.3 is 4.74 Å². The molecule has 5 heteroatoms. The number of allylic oxidation sites excluding steroid dienone is 2. The van der Waals surface area contributed by atoms with Crippen molar-refractivity contribution in [3.8, 4) is 0 Å². The van der Waals surface area contributed by atoms with Crippen molar-refractivity contribution in [2.75, 3.05) is 6.61 Å². The second-order valence-corrected chi connectivity index (χ2v) is 3.16. The standard InChI is InChI=1S/C10H15F3O2/c1-4-6-7(3)8(10(11,12)13)9(14)15-5-2/h4,6-8H,5H2,1-3H3/b6-4+. The minimum absolute atomic E-state index is 0.0476. The van der Waals surface area contributed by atoms with Crippen LogP contribution in [0.1, 0.15) is 20.8 Å². The summed E-state index contributed by atoms with van der Waals surface area (Å²) in [4.78, 5) is 11.1. The van der Waals surface area contributed by atoms with Gasteiger partial charge in [0.25, 0.3) is 0 Å². The van der Waals surface area contributed by atoms with Crippen LogP contribution in [-0.4, -0.2) is 18.8 Å². The highest BCUT2D eigenvalue weighted by molar-refractivity contribution is 5.74. The molecule has 0 saturated carbocycles. The highest BCUT2D eigenvalue weighted by Gasteiger charge is 2.48. The number of carbonyl (C=O) groups is 1. The Morgan fingerprint density at radius 2 is 2.00 bits per heavy atom. The van der Waals surface area contributed by atoms with Crippen LogP contribution in [0.25, 0.3) is 0 Å². The molecule has 0 aliphatic rings. The van der Waals surface area contributed by atoms with Crippen molar-refractivity contribution < 1.29 is 22.7 Å². The van der Waals surface area contributed by atoms with E-state index >= 15 is 0 Å². The Bertz CT molecular complexity index is 233. The second-order valence-electron chi connectivity index (χ2n) is 3.16. The first-order valence-electron chi connectivity index (χ1n) is 4.70. The normalized spacial score (nSPS) is 16.4. The fourth-order valence-corrected chi connectivity index (χ4v) is 1.29. The van der Waals surface area contributed by atoms with Gasteiger partial charge in [0.15, 0.2) is 5.92 Å². The van der Waals surface area contributed by atoms with E-state index in [9.17, 15) is 18.0 Å². The van der Waals surface area contributed by atoms with Gasteiger partial charge in [0.2, 0.25) is 0 Å². The molecule has 88 valence electrons. The molecular formula is C10H15F3O2. The third-order valence-electron chi connectivity index (χ3n) is 1.91. The molecular weight excluding hydrogens is 209 g/mol. The first kappa shape index (κ1) is 14.0. The zero-order valence-corrected chi connectivity index (χ0v) is 8.97. The molecule has 2 nitrogen and oxygen atoms in total. The summed E-state index contributed by atoms with van der Waals surface area (Å²) in [5.74, 6) is -4.20. The molecule has 0 aliphatic carbocycles. The molecule has 0 amide bonds. The number of ether oxygens (including phenoxy) is 1. The Labute approximate surface area is 87.1 Å². The molecule has 0 aromatic carbocycles. The van der Waals surface area contributed by atoms with Gasteiger partial charge in [0.1, 0.15) is 0 Å². The number of hydrogen-bond acceptors (Lipinski definition) is 2. The SMILES string of the molecule is C/C=C/C(C)C(C(=O)OCC)C(F)(F)F. The Morgan fingerprint density at radius 1 is 1.47 bits per heavy atom. The molecule has 0 aromatic heterocycles. The highest BCUT2D eigenvalue weighted by atomic mass is 19.4. The van der Waals surface area contributed by atoms with Crippen molar-refractivity contribution in [3.63, 3.8) is 0 Å². The summed E-state index contributed by atoms with van der Waals surface area (Å²) in [5.41, 5.74) is 0. The number of carbonyl (C=O) groups excluding carboxylic acids is 1. The van der Waals surface area contributed by atoms with Gasteiger partial charge in [-0.3, -0.25) is 4.79 Å². The number of rotatable bonds is 4. The number of alkyl halides is 3. The molecule has 0 aliphatic heterocycles. The molecule has 0 rings (SSSR count). The van der Waals surface area contributed by atoms with Gasteiger partial charge in [-0.05, 0) is 19.8 Å². The summed E-state index contributed by atoms with van der Waals surface area (Å²) in [5, 5.41) is 0. The molecule has 0 spiro atoms. The van der Waals surface area contributed by atoms with Crippen LogP contribution in [0.4, 0.5) is 13.2 Å². The highest BCUT2D eigenvalue weighted by Crippen LogP contribution is 2.33. The summed E-state index contributed by atoms with van der Waals surface area (Å²) >= 11 is 0. The number of halogens is 3. The Morgan fingerprint density at radius 3 is 2.33 bits per heavy atom. The quantitative estimate of drug-likeness (QED) is 0.542. The zero-order chi connectivity index (χ0) is 12.1. The van der Waals surface area contributed by atoms with E-state index in [2.05, 4.69) is 4.74 Å². The first-order chi connectivity index (χ1) is 6.84. The van der Waals surface area contributed by atoms with Gasteiger partial charge >= 0.3 is 12.1 Å². The lowest BCUT2D eigenvalue weighted by atomic mass is 9.93. The molecule has 0 fully saturated rings. The summed E-state index contributed by atoms with van der Waals surface area (Å²) < 4.78 is 42.0. The van der Waals surface area contributed by atoms with Crippen LogP contribution in [-0.2, 0) is 9.53 Å². The fraction of sp³-hybridized carbons (Fsp3) is 0.700. The molecule has 0 N–H and O–H groups in total. The number of hydrogen-bond donors (Lipinski definition) is 0. The van der Waals surface area contributed by atoms with Crippen LogP contribution in [0.3, 0.4) is 0 Å². The van der Waals surface area contributed by atoms with E-state index in [0.717, 1.165) is 0 Å². The second kappa shape index (κ2) is 5.78. The minimum Gasteiger partial charge on any atom is -0.466 e. The van der Waals surface area contributed by atoms with Crippen LogP contribution in [0, 0.1) is 11.8 Å². The molecule has 0 saturated heterocycles. The van der Waals surface area contributed by atoms with E-state index in [1.54, 1.807) is 6.92 Å². The fourth-order valence-electron chi connectivity index (χ4n) is 1.29. The smallest absolute Gasteiger partial charge is 0.402 e. The van der Waals surface area contributed by atoms with E-state index in [-0.39, 0.29) is 6.61 Å². The largest absolute Gasteiger partial charge is 0.466 e.